The summed E-state index contributed by atoms with van der Waals surface area (Å²) in [5.41, 5.74) is 10.2. The van der Waals surface area contributed by atoms with E-state index in [9.17, 15) is 4.79 Å². The third-order valence-electron chi connectivity index (χ3n) is 6.00. The molecule has 1 amide bonds. The molecule has 0 radical (unpaired) electrons. The second kappa shape index (κ2) is 10.9. The minimum absolute atomic E-state index is 0.0573. The first kappa shape index (κ1) is 22.1. The Labute approximate surface area is 190 Å². The first-order valence-corrected chi connectivity index (χ1v) is 11.3. The highest BCUT2D eigenvalue weighted by Crippen LogP contribution is 2.23. The third kappa shape index (κ3) is 5.96. The maximum Gasteiger partial charge on any atom is 0.408 e. The number of hydrogen-bond acceptors (Lipinski definition) is 4. The number of rotatable bonds is 7. The van der Waals surface area contributed by atoms with E-state index in [0.717, 1.165) is 49.2 Å². The second-order valence-corrected chi connectivity index (χ2v) is 8.30. The van der Waals surface area contributed by atoms with Gasteiger partial charge in [0, 0.05) is 26.2 Å². The van der Waals surface area contributed by atoms with Crippen LogP contribution in [-0.2, 0) is 17.8 Å². The molecule has 1 heterocycles. The highest BCUT2D eigenvalue weighted by atomic mass is 16.6. The summed E-state index contributed by atoms with van der Waals surface area (Å²) in [6.07, 6.45) is 1.27. The van der Waals surface area contributed by atoms with Gasteiger partial charge < -0.3 is 15.8 Å². The number of hydrogen-bond donors (Lipinski definition) is 2. The van der Waals surface area contributed by atoms with E-state index >= 15 is 0 Å². The zero-order valence-electron chi connectivity index (χ0n) is 18.3. The molecule has 3 N–H and O–H groups in total. The number of nitrogens with zero attached hydrogens (tertiary/aromatic N) is 1. The van der Waals surface area contributed by atoms with Crippen molar-refractivity contribution in [2.24, 2.45) is 5.73 Å². The maximum absolute atomic E-state index is 12.7. The molecule has 1 saturated heterocycles. The van der Waals surface area contributed by atoms with Crippen LogP contribution in [0.3, 0.4) is 0 Å². The lowest BCUT2D eigenvalue weighted by molar-refractivity contribution is 0.0476. The van der Waals surface area contributed by atoms with Crippen LogP contribution in [0.5, 0.6) is 0 Å². The molecule has 4 rings (SSSR count). The first-order valence-electron chi connectivity index (χ1n) is 11.3. The summed E-state index contributed by atoms with van der Waals surface area (Å²) in [7, 11) is 0. The fraction of sp³-hybridized carbons (Fsp3) is 0.296. The van der Waals surface area contributed by atoms with E-state index in [0.29, 0.717) is 6.54 Å². The lowest BCUT2D eigenvalue weighted by Crippen LogP contribution is -2.40. The van der Waals surface area contributed by atoms with E-state index in [1.165, 1.54) is 5.56 Å². The van der Waals surface area contributed by atoms with Gasteiger partial charge in [-0.15, -0.1) is 0 Å². The van der Waals surface area contributed by atoms with Gasteiger partial charge in [0.1, 0.15) is 6.10 Å². The van der Waals surface area contributed by atoms with Crippen LogP contribution in [0.25, 0.3) is 0 Å². The number of piperidine rings is 1. The van der Waals surface area contributed by atoms with Gasteiger partial charge in [-0.3, -0.25) is 4.90 Å². The average Bonchev–Trinajstić information content (AvgIpc) is 2.85. The Morgan fingerprint density at radius 1 is 0.875 bits per heavy atom. The van der Waals surface area contributed by atoms with Crippen LogP contribution in [0.2, 0.25) is 0 Å². The van der Waals surface area contributed by atoms with Crippen molar-refractivity contribution in [3.8, 4) is 0 Å². The summed E-state index contributed by atoms with van der Waals surface area (Å²) in [6.45, 7) is 3.31. The van der Waals surface area contributed by atoms with Gasteiger partial charge in [0.25, 0.3) is 0 Å². The van der Waals surface area contributed by atoms with E-state index in [1.807, 2.05) is 60.7 Å². The van der Waals surface area contributed by atoms with Gasteiger partial charge in [0.05, 0.1) is 6.04 Å². The molecule has 1 aliphatic rings. The molecule has 5 heteroatoms. The molecule has 0 atom stereocenters. The Bertz CT molecular complexity index is 929. The topological polar surface area (TPSA) is 67.6 Å². The molecule has 32 heavy (non-hydrogen) atoms. The van der Waals surface area contributed by atoms with Crippen LogP contribution in [0.4, 0.5) is 4.79 Å². The number of likely N-dealkylation sites (tertiary alicyclic amines) is 1. The number of amides is 1. The molecule has 3 aromatic rings. The summed E-state index contributed by atoms with van der Waals surface area (Å²) in [5.74, 6) is 0. The Hall–Kier alpha value is -3.15. The second-order valence-electron chi connectivity index (χ2n) is 8.30. The molecular weight excluding hydrogens is 398 g/mol. The van der Waals surface area contributed by atoms with Crippen LogP contribution in [-0.4, -0.2) is 30.2 Å². The van der Waals surface area contributed by atoms with Gasteiger partial charge in [0.15, 0.2) is 0 Å². The highest BCUT2D eigenvalue weighted by molar-refractivity contribution is 5.69. The molecule has 166 valence electrons. The van der Waals surface area contributed by atoms with Gasteiger partial charge >= 0.3 is 6.09 Å². The molecular formula is C27H31N3O2. The van der Waals surface area contributed by atoms with Gasteiger partial charge in [-0.05, 0) is 35.1 Å². The number of alkyl carbamates (subject to hydrolysis) is 1. The Kier molecular flexibility index (Phi) is 7.54. The van der Waals surface area contributed by atoms with Crippen molar-refractivity contribution in [1.82, 2.24) is 10.2 Å². The smallest absolute Gasteiger partial charge is 0.408 e. The van der Waals surface area contributed by atoms with E-state index in [1.54, 1.807) is 0 Å². The molecule has 0 aromatic heterocycles. The van der Waals surface area contributed by atoms with Crippen LogP contribution in [0, 0.1) is 0 Å². The molecule has 0 saturated carbocycles. The number of nitrogens with one attached hydrogen (secondary N) is 1. The Morgan fingerprint density at radius 3 is 1.94 bits per heavy atom. The van der Waals surface area contributed by atoms with Crippen molar-refractivity contribution in [3.05, 3.63) is 107 Å². The number of benzene rings is 3. The van der Waals surface area contributed by atoms with Crippen molar-refractivity contribution in [2.45, 2.75) is 38.1 Å². The molecule has 3 aromatic carbocycles. The minimum atomic E-state index is -0.362. The molecule has 5 nitrogen and oxygen atoms in total. The van der Waals surface area contributed by atoms with Gasteiger partial charge in [-0.2, -0.15) is 0 Å². The predicted octanol–water partition coefficient (Wildman–Crippen LogP) is 4.63. The van der Waals surface area contributed by atoms with Crippen LogP contribution in [0.1, 0.15) is 41.1 Å². The van der Waals surface area contributed by atoms with Gasteiger partial charge in [-0.1, -0.05) is 84.9 Å². The van der Waals surface area contributed by atoms with Crippen molar-refractivity contribution in [3.63, 3.8) is 0 Å². The average molecular weight is 430 g/mol. The molecule has 0 bridgehead atoms. The Morgan fingerprint density at radius 2 is 1.41 bits per heavy atom. The zero-order valence-corrected chi connectivity index (χ0v) is 18.3. The lowest BCUT2D eigenvalue weighted by Gasteiger charge is -2.32. The number of ether oxygens (including phenoxy) is 1. The number of nitrogens with two attached hydrogens (primary N) is 1. The zero-order chi connectivity index (χ0) is 22.2. The quantitative estimate of drug-likeness (QED) is 0.575. The normalized spacial score (nSPS) is 14.9. The highest BCUT2D eigenvalue weighted by Gasteiger charge is 2.24. The fourth-order valence-electron chi connectivity index (χ4n) is 4.18. The minimum Gasteiger partial charge on any atom is -0.446 e. The van der Waals surface area contributed by atoms with E-state index in [4.69, 9.17) is 10.5 Å². The van der Waals surface area contributed by atoms with E-state index < -0.39 is 0 Å². The molecule has 0 unspecified atom stereocenters. The standard InChI is InChI=1S/C27H31N3O2/c28-19-21-11-13-22(14-12-21)20-30-17-15-25(16-18-30)32-27(31)29-26(23-7-3-1-4-8-23)24-9-5-2-6-10-24/h1-14,25-26H,15-20,28H2,(H,29,31). The molecule has 0 spiro atoms. The third-order valence-corrected chi connectivity index (χ3v) is 6.00. The number of carbonyl (C=O) groups excluding carboxylic acids is 1. The first-order chi connectivity index (χ1) is 15.7. The summed E-state index contributed by atoms with van der Waals surface area (Å²) >= 11 is 0. The van der Waals surface area contributed by atoms with E-state index in [2.05, 4.69) is 34.5 Å². The largest absolute Gasteiger partial charge is 0.446 e. The van der Waals surface area contributed by atoms with Crippen LogP contribution in [0.15, 0.2) is 84.9 Å². The molecule has 1 aliphatic heterocycles. The van der Waals surface area contributed by atoms with Crippen molar-refractivity contribution < 1.29 is 9.53 Å². The van der Waals surface area contributed by atoms with Crippen LogP contribution >= 0.6 is 0 Å². The summed E-state index contributed by atoms with van der Waals surface area (Å²) in [6, 6.07) is 28.2. The number of carbonyl (C=O) groups is 1. The van der Waals surface area contributed by atoms with Crippen molar-refractivity contribution in [2.75, 3.05) is 13.1 Å². The SMILES string of the molecule is NCc1ccc(CN2CCC(OC(=O)NC(c3ccccc3)c3ccccc3)CC2)cc1. The summed E-state index contributed by atoms with van der Waals surface area (Å²) in [5, 5.41) is 3.07. The Balaban J connectivity index is 1.30. The van der Waals surface area contributed by atoms with Crippen molar-refractivity contribution in [1.29, 1.82) is 0 Å². The predicted molar refractivity (Wildman–Crippen MR) is 127 cm³/mol. The fourth-order valence-corrected chi connectivity index (χ4v) is 4.18. The summed E-state index contributed by atoms with van der Waals surface area (Å²) < 4.78 is 5.80. The van der Waals surface area contributed by atoms with Crippen LogP contribution < -0.4 is 11.1 Å². The molecule has 0 aliphatic carbocycles. The monoisotopic (exact) mass is 429 g/mol. The van der Waals surface area contributed by atoms with Gasteiger partial charge in [0.2, 0.25) is 0 Å². The lowest BCUT2D eigenvalue weighted by atomic mass is 9.99. The maximum atomic E-state index is 12.7. The van der Waals surface area contributed by atoms with Crippen molar-refractivity contribution >= 4 is 6.09 Å². The van der Waals surface area contributed by atoms with Gasteiger partial charge in [-0.25, -0.2) is 4.79 Å². The molecule has 1 fully saturated rings. The summed E-state index contributed by atoms with van der Waals surface area (Å²) in [4.78, 5) is 15.2. The van der Waals surface area contributed by atoms with E-state index in [-0.39, 0.29) is 18.2 Å².